The van der Waals surface area contributed by atoms with Crippen molar-refractivity contribution in [3.05, 3.63) is 57.8 Å². The van der Waals surface area contributed by atoms with Crippen molar-refractivity contribution in [1.82, 2.24) is 9.88 Å². The van der Waals surface area contributed by atoms with Crippen LogP contribution in [0.15, 0.2) is 36.5 Å². The van der Waals surface area contributed by atoms with E-state index in [1.54, 1.807) is 11.0 Å². The number of ether oxygens (including phenoxy) is 1. The second-order valence-corrected chi connectivity index (χ2v) is 9.38. The number of amides is 1. The SMILES string of the molecule is O=C(COC1CCC(Nc2ccc([N+](=O)[O-])c(C(F)F)c2)CC1)N1CCN(c2ccc(C(F)F)cn2)CC1. The maximum absolute atomic E-state index is 13.2. The summed E-state index contributed by atoms with van der Waals surface area (Å²) in [6.45, 7) is 2.00. The van der Waals surface area contributed by atoms with Gasteiger partial charge in [-0.15, -0.1) is 0 Å². The van der Waals surface area contributed by atoms with Crippen LogP contribution in [0, 0.1) is 10.1 Å². The third kappa shape index (κ3) is 6.88. The highest BCUT2D eigenvalue weighted by Gasteiger charge is 2.27. The number of rotatable bonds is 9. The lowest BCUT2D eigenvalue weighted by atomic mass is 9.92. The minimum Gasteiger partial charge on any atom is -0.382 e. The Morgan fingerprint density at radius 1 is 1.05 bits per heavy atom. The number of alkyl halides is 4. The van der Waals surface area contributed by atoms with Crippen molar-refractivity contribution in [2.24, 2.45) is 0 Å². The van der Waals surface area contributed by atoms with E-state index in [1.807, 2.05) is 4.90 Å². The lowest BCUT2D eigenvalue weighted by molar-refractivity contribution is -0.386. The van der Waals surface area contributed by atoms with Crippen molar-refractivity contribution in [3.63, 3.8) is 0 Å². The summed E-state index contributed by atoms with van der Waals surface area (Å²) in [7, 11) is 0. The number of anilines is 2. The zero-order valence-corrected chi connectivity index (χ0v) is 20.6. The Kier molecular flexibility index (Phi) is 8.97. The van der Waals surface area contributed by atoms with Crippen molar-refractivity contribution in [2.75, 3.05) is 43.0 Å². The highest BCUT2D eigenvalue weighted by atomic mass is 19.3. The lowest BCUT2D eigenvalue weighted by Gasteiger charge is -2.36. The number of nitrogens with one attached hydrogen (secondary N) is 1. The number of aromatic nitrogens is 1. The van der Waals surface area contributed by atoms with E-state index in [2.05, 4.69) is 10.3 Å². The molecular formula is C25H29F4N5O4. The number of hydrogen-bond donors (Lipinski definition) is 1. The van der Waals surface area contributed by atoms with Crippen LogP contribution < -0.4 is 10.2 Å². The Labute approximate surface area is 216 Å². The van der Waals surface area contributed by atoms with E-state index in [0.29, 0.717) is 63.4 Å². The number of hydrogen-bond acceptors (Lipinski definition) is 7. The topological polar surface area (TPSA) is 101 Å². The molecule has 1 aromatic carbocycles. The van der Waals surface area contributed by atoms with Crippen LogP contribution in [0.3, 0.4) is 0 Å². The summed E-state index contributed by atoms with van der Waals surface area (Å²) in [4.78, 5) is 30.5. The summed E-state index contributed by atoms with van der Waals surface area (Å²) in [5.74, 6) is 0.485. The van der Waals surface area contributed by atoms with Gasteiger partial charge in [0.1, 0.15) is 12.4 Å². The van der Waals surface area contributed by atoms with Crippen molar-refractivity contribution in [1.29, 1.82) is 0 Å². The minimum atomic E-state index is -2.95. The molecule has 0 atom stereocenters. The first-order valence-electron chi connectivity index (χ1n) is 12.4. The van der Waals surface area contributed by atoms with Crippen LogP contribution in [0.1, 0.15) is 49.7 Å². The average Bonchev–Trinajstić information content (AvgIpc) is 2.92. The molecule has 0 radical (unpaired) electrons. The molecular weight excluding hydrogens is 510 g/mol. The molecule has 0 bridgehead atoms. The monoisotopic (exact) mass is 539 g/mol. The van der Waals surface area contributed by atoms with Crippen molar-refractivity contribution < 1.29 is 32.0 Å². The van der Waals surface area contributed by atoms with Crippen molar-refractivity contribution in [3.8, 4) is 0 Å². The first-order chi connectivity index (χ1) is 18.2. The highest BCUT2D eigenvalue weighted by molar-refractivity contribution is 5.77. The summed E-state index contributed by atoms with van der Waals surface area (Å²) in [5.41, 5.74) is -0.937. The van der Waals surface area contributed by atoms with Crippen LogP contribution in [0.5, 0.6) is 0 Å². The maximum atomic E-state index is 13.2. The average molecular weight is 540 g/mol. The van der Waals surface area contributed by atoms with Crippen LogP contribution in [0.2, 0.25) is 0 Å². The molecule has 9 nitrogen and oxygen atoms in total. The lowest BCUT2D eigenvalue weighted by Crippen LogP contribution is -2.50. The fourth-order valence-corrected chi connectivity index (χ4v) is 4.77. The fraction of sp³-hybridized carbons (Fsp3) is 0.520. The van der Waals surface area contributed by atoms with Gasteiger partial charge >= 0.3 is 0 Å². The number of carbonyl (C=O) groups excluding carboxylic acids is 1. The van der Waals surface area contributed by atoms with Gasteiger partial charge in [-0.1, -0.05) is 0 Å². The number of nitro groups is 1. The molecule has 13 heteroatoms. The van der Waals surface area contributed by atoms with E-state index >= 15 is 0 Å². The molecule has 1 saturated heterocycles. The van der Waals surface area contributed by atoms with Crippen LogP contribution in [0.25, 0.3) is 0 Å². The molecule has 1 aliphatic carbocycles. The van der Waals surface area contributed by atoms with Gasteiger partial charge in [0.2, 0.25) is 5.91 Å². The van der Waals surface area contributed by atoms with Gasteiger partial charge in [-0.25, -0.2) is 22.5 Å². The van der Waals surface area contributed by atoms with Gasteiger partial charge < -0.3 is 19.9 Å². The van der Waals surface area contributed by atoms with E-state index in [1.165, 1.54) is 18.3 Å². The number of pyridine rings is 1. The molecule has 0 spiro atoms. The van der Waals surface area contributed by atoms with E-state index in [0.717, 1.165) is 12.1 Å². The van der Waals surface area contributed by atoms with Gasteiger partial charge in [0.05, 0.1) is 16.6 Å². The first kappa shape index (κ1) is 27.6. The van der Waals surface area contributed by atoms with Gasteiger partial charge in [0.25, 0.3) is 18.5 Å². The highest BCUT2D eigenvalue weighted by Crippen LogP contribution is 2.32. The Bertz CT molecular complexity index is 1110. The molecule has 1 aliphatic heterocycles. The van der Waals surface area contributed by atoms with Gasteiger partial charge in [0, 0.05) is 55.7 Å². The van der Waals surface area contributed by atoms with E-state index in [4.69, 9.17) is 4.74 Å². The van der Waals surface area contributed by atoms with E-state index < -0.39 is 29.0 Å². The van der Waals surface area contributed by atoms with E-state index in [-0.39, 0.29) is 30.2 Å². The molecule has 4 rings (SSSR count). The predicted molar refractivity (Wildman–Crippen MR) is 132 cm³/mol. The largest absolute Gasteiger partial charge is 0.382 e. The van der Waals surface area contributed by atoms with Crippen LogP contribution >= 0.6 is 0 Å². The smallest absolute Gasteiger partial charge is 0.278 e. The standard InChI is InChI=1S/C25H29F4N5O4/c26-24(27)16-1-8-22(30-14-16)32-9-11-33(12-10-32)23(35)15-38-19-5-2-17(3-6-19)31-18-4-7-21(34(36)37)20(13-18)25(28)29/h1,4,7-8,13-14,17,19,24-25,31H,2-3,5-6,9-12,15H2. The maximum Gasteiger partial charge on any atom is 0.278 e. The zero-order valence-electron chi connectivity index (χ0n) is 20.6. The summed E-state index contributed by atoms with van der Waals surface area (Å²) in [5, 5.41) is 14.1. The summed E-state index contributed by atoms with van der Waals surface area (Å²) >= 11 is 0. The third-order valence-corrected chi connectivity index (χ3v) is 6.93. The summed E-state index contributed by atoms with van der Waals surface area (Å²) < 4.78 is 57.7. The Hall–Kier alpha value is -3.48. The normalized spacial score (nSPS) is 20.2. The number of benzene rings is 1. The Morgan fingerprint density at radius 2 is 1.76 bits per heavy atom. The molecule has 2 aliphatic rings. The summed E-state index contributed by atoms with van der Waals surface area (Å²) in [6.07, 6.45) is -1.65. The van der Waals surface area contributed by atoms with Gasteiger partial charge in [-0.3, -0.25) is 14.9 Å². The molecule has 1 saturated carbocycles. The molecule has 38 heavy (non-hydrogen) atoms. The number of carbonyl (C=O) groups is 1. The third-order valence-electron chi connectivity index (χ3n) is 6.93. The second kappa shape index (κ2) is 12.4. The molecule has 1 aromatic heterocycles. The zero-order chi connectivity index (χ0) is 27.2. The van der Waals surface area contributed by atoms with Crippen molar-refractivity contribution >= 4 is 23.1 Å². The molecule has 1 N–H and O–H groups in total. The Morgan fingerprint density at radius 3 is 2.34 bits per heavy atom. The molecule has 0 unspecified atom stereocenters. The van der Waals surface area contributed by atoms with Crippen LogP contribution in [-0.4, -0.2) is 65.6 Å². The molecule has 2 aromatic rings. The molecule has 1 amide bonds. The van der Waals surface area contributed by atoms with Gasteiger partial charge in [-0.05, 0) is 49.9 Å². The number of halogens is 4. The molecule has 2 fully saturated rings. The first-order valence-corrected chi connectivity index (χ1v) is 12.4. The number of nitrogens with zero attached hydrogens (tertiary/aromatic N) is 4. The van der Waals surface area contributed by atoms with Crippen LogP contribution in [-0.2, 0) is 9.53 Å². The minimum absolute atomic E-state index is 0.00831. The van der Waals surface area contributed by atoms with Gasteiger partial charge in [-0.2, -0.15) is 0 Å². The van der Waals surface area contributed by atoms with E-state index in [9.17, 15) is 32.5 Å². The number of nitro benzene ring substituents is 1. The molecule has 206 valence electrons. The quantitative estimate of drug-likeness (QED) is 0.273. The number of piperazine rings is 1. The van der Waals surface area contributed by atoms with Crippen molar-refractivity contribution in [2.45, 2.75) is 50.7 Å². The molecule has 2 heterocycles. The Balaban J connectivity index is 1.18. The fourth-order valence-electron chi connectivity index (χ4n) is 4.77. The summed E-state index contributed by atoms with van der Waals surface area (Å²) in [6, 6.07) is 6.57. The van der Waals surface area contributed by atoms with Crippen LogP contribution in [0.4, 0.5) is 34.8 Å². The predicted octanol–water partition coefficient (Wildman–Crippen LogP) is 4.95. The second-order valence-electron chi connectivity index (χ2n) is 9.38. The van der Waals surface area contributed by atoms with Gasteiger partial charge in [0.15, 0.2) is 0 Å².